The Morgan fingerprint density at radius 3 is 2.50 bits per heavy atom. The van der Waals surface area contributed by atoms with E-state index < -0.39 is 17.8 Å². The van der Waals surface area contributed by atoms with E-state index >= 15 is 0 Å². The number of carbonyl (C=O) groups is 1. The molecular weight excluding hydrogens is 327 g/mol. The van der Waals surface area contributed by atoms with Crippen LogP contribution < -0.4 is 11.0 Å². The van der Waals surface area contributed by atoms with Crippen molar-refractivity contribution < 1.29 is 18.0 Å². The van der Waals surface area contributed by atoms with Gasteiger partial charge in [0.1, 0.15) is 0 Å². The van der Waals surface area contributed by atoms with E-state index in [-0.39, 0.29) is 17.9 Å². The Labute approximate surface area is 134 Å². The van der Waals surface area contributed by atoms with E-state index in [1.54, 1.807) is 0 Å². The summed E-state index contributed by atoms with van der Waals surface area (Å²) < 4.78 is 40.2. The number of aromatic nitrogens is 3. The molecule has 1 aromatic heterocycles. The molecule has 0 saturated heterocycles. The van der Waals surface area contributed by atoms with Gasteiger partial charge in [0.05, 0.1) is 12.1 Å². The third-order valence-electron chi connectivity index (χ3n) is 3.76. The summed E-state index contributed by atoms with van der Waals surface area (Å²) >= 11 is 0. The van der Waals surface area contributed by atoms with Crippen molar-refractivity contribution in [2.45, 2.75) is 19.3 Å². The zero-order chi connectivity index (χ0) is 17.5. The number of hydrogen-bond acceptors (Lipinski definition) is 3. The van der Waals surface area contributed by atoms with Crippen molar-refractivity contribution in [3.63, 3.8) is 0 Å². The number of anilines is 1. The molecule has 0 spiro atoms. The molecule has 0 unspecified atom stereocenters. The quantitative estimate of drug-likeness (QED) is 0.857. The highest BCUT2D eigenvalue weighted by Gasteiger charge is 2.30. The molecule has 1 aliphatic heterocycles. The molecule has 1 aromatic carbocycles. The smallest absolute Gasteiger partial charge is 0.315 e. The first-order chi connectivity index (χ1) is 11.3. The van der Waals surface area contributed by atoms with Crippen LogP contribution in [-0.2, 0) is 26.3 Å². The average Bonchev–Trinajstić information content (AvgIpc) is 2.81. The van der Waals surface area contributed by atoms with E-state index in [4.69, 9.17) is 0 Å². The van der Waals surface area contributed by atoms with Crippen molar-refractivity contribution in [1.82, 2.24) is 19.2 Å². The van der Waals surface area contributed by atoms with Gasteiger partial charge in [0, 0.05) is 25.8 Å². The largest absolute Gasteiger partial charge is 0.416 e. The van der Waals surface area contributed by atoms with E-state index in [0.717, 1.165) is 12.1 Å². The van der Waals surface area contributed by atoms with Crippen LogP contribution >= 0.6 is 0 Å². The minimum atomic E-state index is -4.42. The molecule has 0 radical (unpaired) electrons. The molecule has 128 valence electrons. The van der Waals surface area contributed by atoms with Gasteiger partial charge in [-0.3, -0.25) is 4.57 Å². The number of halogens is 3. The fourth-order valence-electron chi connectivity index (χ4n) is 2.49. The lowest BCUT2D eigenvalue weighted by atomic mass is 10.2. The third kappa shape index (κ3) is 2.99. The number of aryl methyl sites for hydroxylation is 1. The molecule has 2 heterocycles. The van der Waals surface area contributed by atoms with E-state index in [1.165, 1.54) is 33.3 Å². The third-order valence-corrected chi connectivity index (χ3v) is 3.76. The van der Waals surface area contributed by atoms with Gasteiger partial charge in [-0.15, -0.1) is 0 Å². The number of alkyl halides is 3. The van der Waals surface area contributed by atoms with Gasteiger partial charge in [0.25, 0.3) is 0 Å². The maximum absolute atomic E-state index is 12.5. The van der Waals surface area contributed by atoms with Crippen molar-refractivity contribution in [1.29, 1.82) is 0 Å². The van der Waals surface area contributed by atoms with Crippen molar-refractivity contribution >= 4 is 11.7 Å². The summed E-state index contributed by atoms with van der Waals surface area (Å²) in [7, 11) is 1.53. The fourth-order valence-corrected chi connectivity index (χ4v) is 2.49. The van der Waals surface area contributed by atoms with E-state index in [1.807, 2.05) is 0 Å². The zero-order valence-corrected chi connectivity index (χ0v) is 12.7. The lowest BCUT2D eigenvalue weighted by Crippen LogP contribution is -2.42. The Balaban J connectivity index is 1.69. The predicted molar refractivity (Wildman–Crippen MR) is 78.3 cm³/mol. The topological polar surface area (TPSA) is 72.2 Å². The first-order valence-corrected chi connectivity index (χ1v) is 7.11. The Morgan fingerprint density at radius 2 is 1.88 bits per heavy atom. The van der Waals surface area contributed by atoms with E-state index in [9.17, 15) is 22.8 Å². The lowest BCUT2D eigenvalue weighted by Gasteiger charge is -2.26. The zero-order valence-electron chi connectivity index (χ0n) is 12.7. The lowest BCUT2D eigenvalue weighted by molar-refractivity contribution is -0.137. The molecule has 2 aromatic rings. The van der Waals surface area contributed by atoms with Crippen molar-refractivity contribution in [2.24, 2.45) is 7.05 Å². The van der Waals surface area contributed by atoms with Crippen LogP contribution in [0.3, 0.4) is 0 Å². The van der Waals surface area contributed by atoms with Gasteiger partial charge in [-0.1, -0.05) is 0 Å². The first-order valence-electron chi connectivity index (χ1n) is 7.11. The summed E-state index contributed by atoms with van der Waals surface area (Å²) in [5.41, 5.74) is -0.763. The number of benzene rings is 1. The van der Waals surface area contributed by atoms with Crippen LogP contribution in [0.4, 0.5) is 23.7 Å². The Hall–Kier alpha value is -2.78. The number of urea groups is 1. The second-order valence-corrected chi connectivity index (χ2v) is 5.40. The summed E-state index contributed by atoms with van der Waals surface area (Å²) in [6, 6.07) is 3.74. The van der Waals surface area contributed by atoms with Gasteiger partial charge in [-0.05, 0) is 24.3 Å². The molecule has 0 bridgehead atoms. The highest BCUT2D eigenvalue weighted by Crippen LogP contribution is 2.29. The van der Waals surface area contributed by atoms with Crippen LogP contribution in [0.25, 0.3) is 0 Å². The summed E-state index contributed by atoms with van der Waals surface area (Å²) in [6.07, 6.45) is -4.42. The normalized spacial score (nSPS) is 14.4. The maximum atomic E-state index is 12.5. The molecule has 1 aliphatic rings. The van der Waals surface area contributed by atoms with E-state index in [2.05, 4.69) is 10.4 Å². The first kappa shape index (κ1) is 16.1. The summed E-state index contributed by atoms with van der Waals surface area (Å²) in [5, 5.41) is 6.59. The maximum Gasteiger partial charge on any atom is 0.416 e. The van der Waals surface area contributed by atoms with Gasteiger partial charge in [0.15, 0.2) is 5.82 Å². The number of hydrogen-bond donors (Lipinski definition) is 1. The van der Waals surface area contributed by atoms with Crippen molar-refractivity contribution in [3.8, 4) is 0 Å². The molecular formula is C14H14F3N5O2. The van der Waals surface area contributed by atoms with Crippen molar-refractivity contribution in [2.75, 3.05) is 11.9 Å². The molecule has 0 fully saturated rings. The molecule has 7 nitrogen and oxygen atoms in total. The summed E-state index contributed by atoms with van der Waals surface area (Å²) in [4.78, 5) is 25.4. The minimum Gasteiger partial charge on any atom is -0.315 e. The summed E-state index contributed by atoms with van der Waals surface area (Å²) in [6.45, 7) is 0.788. The second-order valence-electron chi connectivity index (χ2n) is 5.40. The molecule has 0 saturated carbocycles. The molecule has 3 rings (SSSR count). The van der Waals surface area contributed by atoms with E-state index in [0.29, 0.717) is 18.9 Å². The Morgan fingerprint density at radius 1 is 1.21 bits per heavy atom. The van der Waals surface area contributed by atoms with Gasteiger partial charge in [-0.2, -0.15) is 18.3 Å². The van der Waals surface area contributed by atoms with Gasteiger partial charge in [0.2, 0.25) is 0 Å². The molecule has 2 amide bonds. The van der Waals surface area contributed by atoms with Gasteiger partial charge < -0.3 is 10.2 Å². The second kappa shape index (κ2) is 5.69. The standard InChI is InChI=1S/C14H14F3N5O2/c1-20-13(24)22-7-6-21(8-11(22)19-20)12(23)18-10-4-2-9(3-5-10)14(15,16)17/h2-5H,6-8H2,1H3,(H,18,23). The number of amides is 2. The van der Waals surface area contributed by atoms with Crippen LogP contribution in [0.5, 0.6) is 0 Å². The molecule has 24 heavy (non-hydrogen) atoms. The Bertz CT molecular complexity index is 822. The van der Waals surface area contributed by atoms with Crippen LogP contribution in [0.2, 0.25) is 0 Å². The van der Waals surface area contributed by atoms with Crippen LogP contribution in [0, 0.1) is 0 Å². The Kier molecular flexibility index (Phi) is 3.82. The highest BCUT2D eigenvalue weighted by atomic mass is 19.4. The van der Waals surface area contributed by atoms with Crippen LogP contribution in [0.1, 0.15) is 11.4 Å². The SMILES string of the molecule is Cn1nc2n(c1=O)CCN(C(=O)Nc1ccc(C(F)(F)F)cc1)C2. The molecule has 0 aliphatic carbocycles. The average molecular weight is 341 g/mol. The number of nitrogens with one attached hydrogen (secondary N) is 1. The number of rotatable bonds is 1. The molecule has 10 heteroatoms. The highest BCUT2D eigenvalue weighted by molar-refractivity contribution is 5.89. The molecule has 0 atom stereocenters. The number of fused-ring (bicyclic) bond motifs is 1. The molecule has 1 N–H and O–H groups in total. The predicted octanol–water partition coefficient (Wildman–Crippen LogP) is 1.65. The van der Waals surface area contributed by atoms with Crippen LogP contribution in [0.15, 0.2) is 29.1 Å². The number of nitrogens with zero attached hydrogens (tertiary/aromatic N) is 4. The summed E-state index contributed by atoms with van der Waals surface area (Å²) in [5.74, 6) is 0.469. The van der Waals surface area contributed by atoms with Gasteiger partial charge >= 0.3 is 17.9 Å². The van der Waals surface area contributed by atoms with Crippen LogP contribution in [-0.4, -0.2) is 31.8 Å². The number of carbonyl (C=O) groups excluding carboxylic acids is 1. The van der Waals surface area contributed by atoms with Gasteiger partial charge in [-0.25, -0.2) is 14.3 Å². The van der Waals surface area contributed by atoms with Crippen molar-refractivity contribution in [3.05, 3.63) is 46.1 Å². The minimum absolute atomic E-state index is 0.155. The monoisotopic (exact) mass is 341 g/mol. The fraction of sp³-hybridized carbons (Fsp3) is 0.357.